The lowest BCUT2D eigenvalue weighted by Gasteiger charge is -2.26. The molecule has 1 saturated heterocycles. The number of carbonyl (C=O) groups is 2. The van der Waals surface area contributed by atoms with E-state index in [1.165, 1.54) is 17.8 Å². The van der Waals surface area contributed by atoms with Gasteiger partial charge < -0.3 is 15.4 Å². The summed E-state index contributed by atoms with van der Waals surface area (Å²) in [5.41, 5.74) is 0.785. The van der Waals surface area contributed by atoms with Crippen molar-refractivity contribution < 1.29 is 14.3 Å². The summed E-state index contributed by atoms with van der Waals surface area (Å²) in [4.78, 5) is 27.6. The quantitative estimate of drug-likeness (QED) is 0.807. The first-order valence-corrected chi connectivity index (χ1v) is 8.42. The molecule has 0 spiro atoms. The zero-order valence-electron chi connectivity index (χ0n) is 12.7. The molecule has 122 valence electrons. The summed E-state index contributed by atoms with van der Waals surface area (Å²) in [6.07, 6.45) is 1.37. The molecule has 0 radical (unpaired) electrons. The van der Waals surface area contributed by atoms with Crippen LogP contribution >= 0.6 is 11.8 Å². The van der Waals surface area contributed by atoms with E-state index in [0.29, 0.717) is 11.4 Å². The number of morpholine rings is 1. The molecule has 0 saturated carbocycles. The maximum absolute atomic E-state index is 12.0. The largest absolute Gasteiger partial charge is 0.379 e. The zero-order valence-corrected chi connectivity index (χ0v) is 13.5. The van der Waals surface area contributed by atoms with Gasteiger partial charge in [0.05, 0.1) is 23.8 Å². The predicted octanol–water partition coefficient (Wildman–Crippen LogP) is 1.06. The van der Waals surface area contributed by atoms with Crippen molar-refractivity contribution >= 4 is 29.3 Å². The standard InChI is InChI=1S/C16H19N3O3S/c20-15(17-5-6-19-7-9-22-10-8-19)11-14-16(21)18-12-3-1-2-4-13(12)23-14/h1-4,11H,5-10H2,(H,17,20)(H,18,21). The third kappa shape index (κ3) is 4.34. The van der Waals surface area contributed by atoms with Crippen LogP contribution in [0, 0.1) is 0 Å². The molecule has 0 bridgehead atoms. The average molecular weight is 333 g/mol. The van der Waals surface area contributed by atoms with E-state index in [1.54, 1.807) is 0 Å². The summed E-state index contributed by atoms with van der Waals surface area (Å²) in [7, 11) is 0. The minimum absolute atomic E-state index is 0.239. The Labute approximate surface area is 139 Å². The monoisotopic (exact) mass is 333 g/mol. The Morgan fingerprint density at radius 3 is 2.96 bits per heavy atom. The highest BCUT2D eigenvalue weighted by Crippen LogP contribution is 2.37. The van der Waals surface area contributed by atoms with Gasteiger partial charge >= 0.3 is 0 Å². The molecule has 0 unspecified atom stereocenters. The molecule has 2 amide bonds. The number of hydrogen-bond donors (Lipinski definition) is 2. The van der Waals surface area contributed by atoms with Crippen LogP contribution in [0.4, 0.5) is 5.69 Å². The number of anilines is 1. The second-order valence-corrected chi connectivity index (χ2v) is 6.39. The molecule has 0 aliphatic carbocycles. The van der Waals surface area contributed by atoms with E-state index in [0.717, 1.165) is 43.4 Å². The molecule has 3 rings (SSSR count). The van der Waals surface area contributed by atoms with Crippen LogP contribution in [-0.2, 0) is 14.3 Å². The van der Waals surface area contributed by atoms with Crippen LogP contribution < -0.4 is 10.6 Å². The third-order valence-electron chi connectivity index (χ3n) is 3.67. The van der Waals surface area contributed by atoms with E-state index in [-0.39, 0.29) is 11.8 Å². The van der Waals surface area contributed by atoms with E-state index in [2.05, 4.69) is 15.5 Å². The Kier molecular flexibility index (Phi) is 5.32. The molecule has 0 atom stereocenters. The van der Waals surface area contributed by atoms with Gasteiger partial charge in [0, 0.05) is 37.2 Å². The SMILES string of the molecule is O=C(C=C1Sc2ccccc2NC1=O)NCCN1CCOCC1. The maximum Gasteiger partial charge on any atom is 0.262 e. The van der Waals surface area contributed by atoms with Crippen molar-refractivity contribution in [3.05, 3.63) is 35.2 Å². The van der Waals surface area contributed by atoms with Crippen molar-refractivity contribution in [3.63, 3.8) is 0 Å². The maximum atomic E-state index is 12.0. The minimum atomic E-state index is -0.240. The summed E-state index contributed by atoms with van der Waals surface area (Å²) < 4.78 is 5.28. The number of fused-ring (bicyclic) bond motifs is 1. The molecule has 2 heterocycles. The van der Waals surface area contributed by atoms with Crippen LogP contribution in [0.2, 0.25) is 0 Å². The van der Waals surface area contributed by atoms with Gasteiger partial charge in [0.1, 0.15) is 0 Å². The first-order valence-electron chi connectivity index (χ1n) is 7.60. The van der Waals surface area contributed by atoms with E-state index >= 15 is 0 Å². The van der Waals surface area contributed by atoms with Crippen molar-refractivity contribution in [2.75, 3.05) is 44.7 Å². The fourth-order valence-electron chi connectivity index (χ4n) is 2.43. The van der Waals surface area contributed by atoms with Crippen molar-refractivity contribution in [2.45, 2.75) is 4.90 Å². The van der Waals surface area contributed by atoms with E-state index in [9.17, 15) is 9.59 Å². The van der Waals surface area contributed by atoms with Crippen LogP contribution in [0.1, 0.15) is 0 Å². The van der Waals surface area contributed by atoms with Gasteiger partial charge in [-0.1, -0.05) is 23.9 Å². The number of carbonyl (C=O) groups excluding carboxylic acids is 2. The van der Waals surface area contributed by atoms with Gasteiger partial charge in [-0.15, -0.1) is 0 Å². The smallest absolute Gasteiger partial charge is 0.262 e. The van der Waals surface area contributed by atoms with Gasteiger partial charge in [-0.2, -0.15) is 0 Å². The Bertz CT molecular complexity index is 627. The molecule has 2 aliphatic heterocycles. The lowest BCUT2D eigenvalue weighted by Crippen LogP contribution is -2.41. The highest BCUT2D eigenvalue weighted by molar-refractivity contribution is 8.04. The van der Waals surface area contributed by atoms with Crippen molar-refractivity contribution in [3.8, 4) is 0 Å². The van der Waals surface area contributed by atoms with Crippen molar-refractivity contribution in [1.82, 2.24) is 10.2 Å². The summed E-state index contributed by atoms with van der Waals surface area (Å²) in [6.45, 7) is 4.63. The van der Waals surface area contributed by atoms with E-state index < -0.39 is 0 Å². The molecular formula is C16H19N3O3S. The fourth-order valence-corrected chi connectivity index (χ4v) is 3.36. The Morgan fingerprint density at radius 2 is 2.13 bits per heavy atom. The van der Waals surface area contributed by atoms with Crippen molar-refractivity contribution in [2.24, 2.45) is 0 Å². The molecular weight excluding hydrogens is 314 g/mol. The summed E-state index contributed by atoms with van der Waals surface area (Å²) >= 11 is 1.32. The van der Waals surface area contributed by atoms with Crippen LogP contribution in [0.15, 0.2) is 40.1 Å². The summed E-state index contributed by atoms with van der Waals surface area (Å²) in [5.74, 6) is -0.479. The Morgan fingerprint density at radius 1 is 1.35 bits per heavy atom. The van der Waals surface area contributed by atoms with Gasteiger partial charge in [0.2, 0.25) is 5.91 Å². The molecule has 1 aromatic rings. The fraction of sp³-hybridized carbons (Fsp3) is 0.375. The summed E-state index contributed by atoms with van der Waals surface area (Å²) in [6, 6.07) is 7.54. The van der Waals surface area contributed by atoms with Gasteiger partial charge in [0.25, 0.3) is 5.91 Å². The lowest BCUT2D eigenvalue weighted by atomic mass is 10.3. The van der Waals surface area contributed by atoms with Gasteiger partial charge in [-0.3, -0.25) is 14.5 Å². The van der Waals surface area contributed by atoms with Gasteiger partial charge in [0.15, 0.2) is 0 Å². The number of hydrogen-bond acceptors (Lipinski definition) is 5. The second kappa shape index (κ2) is 7.63. The number of nitrogens with one attached hydrogen (secondary N) is 2. The molecule has 2 aliphatic rings. The topological polar surface area (TPSA) is 70.7 Å². The molecule has 1 aromatic carbocycles. The lowest BCUT2D eigenvalue weighted by molar-refractivity contribution is -0.117. The number of para-hydroxylation sites is 1. The molecule has 0 aromatic heterocycles. The number of ether oxygens (including phenoxy) is 1. The molecule has 7 heteroatoms. The highest BCUT2D eigenvalue weighted by atomic mass is 32.2. The normalized spacial score (nSPS) is 20.0. The van der Waals surface area contributed by atoms with Crippen LogP contribution in [0.25, 0.3) is 0 Å². The van der Waals surface area contributed by atoms with Crippen LogP contribution in [-0.4, -0.2) is 56.1 Å². The average Bonchev–Trinajstić information content (AvgIpc) is 2.56. The Hall–Kier alpha value is -1.83. The van der Waals surface area contributed by atoms with Crippen LogP contribution in [0.3, 0.4) is 0 Å². The predicted molar refractivity (Wildman–Crippen MR) is 89.3 cm³/mol. The van der Waals surface area contributed by atoms with Crippen molar-refractivity contribution in [1.29, 1.82) is 0 Å². The first kappa shape index (κ1) is 16.0. The Balaban J connectivity index is 1.52. The molecule has 23 heavy (non-hydrogen) atoms. The molecule has 6 nitrogen and oxygen atoms in total. The number of benzene rings is 1. The van der Waals surface area contributed by atoms with Gasteiger partial charge in [-0.25, -0.2) is 0 Å². The molecule has 1 fully saturated rings. The second-order valence-electron chi connectivity index (χ2n) is 5.31. The number of nitrogens with zero attached hydrogens (tertiary/aromatic N) is 1. The van der Waals surface area contributed by atoms with Crippen LogP contribution in [0.5, 0.6) is 0 Å². The molecule has 2 N–H and O–H groups in total. The minimum Gasteiger partial charge on any atom is -0.379 e. The number of thioether (sulfide) groups is 1. The summed E-state index contributed by atoms with van der Waals surface area (Å²) in [5, 5.41) is 5.62. The van der Waals surface area contributed by atoms with E-state index in [4.69, 9.17) is 4.74 Å². The zero-order chi connectivity index (χ0) is 16.1. The van der Waals surface area contributed by atoms with Gasteiger partial charge in [-0.05, 0) is 12.1 Å². The number of rotatable bonds is 4. The van der Waals surface area contributed by atoms with E-state index in [1.807, 2.05) is 24.3 Å². The highest BCUT2D eigenvalue weighted by Gasteiger charge is 2.21. The number of amides is 2. The first-order chi connectivity index (χ1) is 11.2. The third-order valence-corrected chi connectivity index (χ3v) is 4.77.